The molecule has 0 aromatic heterocycles. The highest BCUT2D eigenvalue weighted by Gasteiger charge is 2.17. The van der Waals surface area contributed by atoms with Crippen molar-refractivity contribution in [2.75, 3.05) is 32.0 Å². The van der Waals surface area contributed by atoms with E-state index in [0.29, 0.717) is 23.9 Å². The molecule has 2 amide bonds. The average molecular weight is 387 g/mol. The second-order valence-electron chi connectivity index (χ2n) is 5.07. The van der Waals surface area contributed by atoms with E-state index >= 15 is 0 Å². The standard InChI is InChI=1S/C17H23ClN2O4S/c1-3-19-15(21)11-20(4-2)16(22)12-24-17(23)9-10-25-14-7-5-13(18)6-8-14/h5-8H,3-4,9-12H2,1-2H3,(H,19,21). The van der Waals surface area contributed by atoms with Crippen molar-refractivity contribution in [1.29, 1.82) is 0 Å². The van der Waals surface area contributed by atoms with Crippen LogP contribution in [0.5, 0.6) is 0 Å². The minimum Gasteiger partial charge on any atom is -0.456 e. The Kier molecular flexibility index (Phi) is 10.0. The van der Waals surface area contributed by atoms with E-state index in [0.717, 1.165) is 4.90 Å². The molecule has 0 aliphatic heterocycles. The smallest absolute Gasteiger partial charge is 0.307 e. The van der Waals surface area contributed by atoms with Crippen molar-refractivity contribution in [2.24, 2.45) is 0 Å². The van der Waals surface area contributed by atoms with E-state index in [-0.39, 0.29) is 31.4 Å². The topological polar surface area (TPSA) is 75.7 Å². The number of nitrogens with zero attached hydrogens (tertiary/aromatic N) is 1. The molecule has 25 heavy (non-hydrogen) atoms. The highest BCUT2D eigenvalue weighted by molar-refractivity contribution is 7.99. The zero-order valence-corrected chi connectivity index (χ0v) is 16.0. The number of rotatable bonds is 10. The molecule has 0 spiro atoms. The summed E-state index contributed by atoms with van der Waals surface area (Å²) in [5.41, 5.74) is 0. The van der Waals surface area contributed by atoms with Gasteiger partial charge in [-0.15, -0.1) is 11.8 Å². The molecule has 1 aromatic carbocycles. The number of carbonyl (C=O) groups is 3. The first-order chi connectivity index (χ1) is 12.0. The Labute approximate surface area is 157 Å². The van der Waals surface area contributed by atoms with E-state index in [1.54, 1.807) is 26.0 Å². The van der Waals surface area contributed by atoms with Gasteiger partial charge in [0.15, 0.2) is 6.61 Å². The van der Waals surface area contributed by atoms with E-state index in [2.05, 4.69) is 5.32 Å². The van der Waals surface area contributed by atoms with Gasteiger partial charge in [0.2, 0.25) is 5.91 Å². The zero-order chi connectivity index (χ0) is 18.7. The van der Waals surface area contributed by atoms with Crippen LogP contribution in [0, 0.1) is 0 Å². The SMILES string of the molecule is CCNC(=O)CN(CC)C(=O)COC(=O)CCSc1ccc(Cl)cc1. The summed E-state index contributed by atoms with van der Waals surface area (Å²) in [6.45, 7) is 4.07. The first kappa shape index (κ1) is 21.3. The molecule has 0 heterocycles. The molecule has 0 saturated heterocycles. The van der Waals surface area contributed by atoms with Gasteiger partial charge in [-0.1, -0.05) is 11.6 Å². The molecule has 1 rings (SSSR count). The molecule has 0 bridgehead atoms. The number of carbonyl (C=O) groups excluding carboxylic acids is 3. The quantitative estimate of drug-likeness (QED) is 0.493. The number of likely N-dealkylation sites (N-methyl/N-ethyl adjacent to an activating group) is 2. The number of nitrogens with one attached hydrogen (secondary N) is 1. The van der Waals surface area contributed by atoms with Gasteiger partial charge in [0.05, 0.1) is 13.0 Å². The second kappa shape index (κ2) is 11.8. The highest BCUT2D eigenvalue weighted by atomic mass is 35.5. The predicted octanol–water partition coefficient (Wildman–Crippen LogP) is 2.35. The Bertz CT molecular complexity index is 581. The first-order valence-corrected chi connectivity index (χ1v) is 9.41. The summed E-state index contributed by atoms with van der Waals surface area (Å²) in [5, 5.41) is 3.29. The van der Waals surface area contributed by atoms with Crippen LogP contribution in [0.15, 0.2) is 29.2 Å². The molecule has 6 nitrogen and oxygen atoms in total. The number of ether oxygens (including phenoxy) is 1. The lowest BCUT2D eigenvalue weighted by Gasteiger charge is -2.20. The lowest BCUT2D eigenvalue weighted by atomic mass is 10.4. The van der Waals surface area contributed by atoms with E-state index in [9.17, 15) is 14.4 Å². The van der Waals surface area contributed by atoms with Gasteiger partial charge in [0.1, 0.15) is 0 Å². The number of benzene rings is 1. The molecule has 0 aliphatic carbocycles. The molecule has 138 valence electrons. The van der Waals surface area contributed by atoms with Crippen LogP contribution in [0.3, 0.4) is 0 Å². The number of hydrogen-bond donors (Lipinski definition) is 1. The van der Waals surface area contributed by atoms with Crippen LogP contribution >= 0.6 is 23.4 Å². The lowest BCUT2D eigenvalue weighted by molar-refractivity contribution is -0.152. The number of esters is 1. The monoisotopic (exact) mass is 386 g/mol. The van der Waals surface area contributed by atoms with Crippen LogP contribution in [-0.2, 0) is 19.1 Å². The van der Waals surface area contributed by atoms with Gasteiger partial charge in [-0.25, -0.2) is 0 Å². The van der Waals surface area contributed by atoms with Crippen molar-refractivity contribution in [3.8, 4) is 0 Å². The fraction of sp³-hybridized carbons (Fsp3) is 0.471. The molecule has 0 fully saturated rings. The molecule has 8 heteroatoms. The summed E-state index contributed by atoms with van der Waals surface area (Å²) in [6, 6.07) is 7.33. The summed E-state index contributed by atoms with van der Waals surface area (Å²) in [4.78, 5) is 37.6. The normalized spacial score (nSPS) is 10.2. The molecule has 0 atom stereocenters. The number of amides is 2. The van der Waals surface area contributed by atoms with Gasteiger partial charge in [0, 0.05) is 28.8 Å². The van der Waals surface area contributed by atoms with Crippen molar-refractivity contribution in [3.63, 3.8) is 0 Å². The highest BCUT2D eigenvalue weighted by Crippen LogP contribution is 2.20. The first-order valence-electron chi connectivity index (χ1n) is 8.04. The van der Waals surface area contributed by atoms with Gasteiger partial charge in [0.25, 0.3) is 5.91 Å². The van der Waals surface area contributed by atoms with E-state index in [4.69, 9.17) is 16.3 Å². The summed E-state index contributed by atoms with van der Waals surface area (Å²) in [6.07, 6.45) is 0.197. The maximum absolute atomic E-state index is 12.0. The third-order valence-corrected chi connectivity index (χ3v) is 4.45. The maximum Gasteiger partial charge on any atom is 0.307 e. The molecule has 0 radical (unpaired) electrons. The van der Waals surface area contributed by atoms with Crippen LogP contribution in [0.2, 0.25) is 5.02 Å². The Morgan fingerprint density at radius 3 is 2.48 bits per heavy atom. The fourth-order valence-corrected chi connectivity index (χ4v) is 2.85. The molecule has 1 N–H and O–H groups in total. The van der Waals surface area contributed by atoms with Crippen LogP contribution in [0.4, 0.5) is 0 Å². The summed E-state index contributed by atoms with van der Waals surface area (Å²) >= 11 is 7.32. The van der Waals surface area contributed by atoms with Crippen molar-refractivity contribution >= 4 is 41.1 Å². The van der Waals surface area contributed by atoms with Gasteiger partial charge < -0.3 is 15.0 Å². The molecule has 0 aliphatic rings. The minimum absolute atomic E-state index is 0.0346. The number of hydrogen-bond acceptors (Lipinski definition) is 5. The minimum atomic E-state index is -0.441. The average Bonchev–Trinajstić information content (AvgIpc) is 2.59. The van der Waals surface area contributed by atoms with Crippen LogP contribution < -0.4 is 5.32 Å². The molecule has 0 saturated carbocycles. The molecule has 1 aromatic rings. The Hall–Kier alpha value is -1.73. The largest absolute Gasteiger partial charge is 0.456 e. The second-order valence-corrected chi connectivity index (χ2v) is 6.68. The third-order valence-electron chi connectivity index (χ3n) is 3.19. The Morgan fingerprint density at radius 2 is 1.88 bits per heavy atom. The fourth-order valence-electron chi connectivity index (χ4n) is 1.89. The molecule has 0 unspecified atom stereocenters. The summed E-state index contributed by atoms with van der Waals surface area (Å²) in [7, 11) is 0. The van der Waals surface area contributed by atoms with E-state index < -0.39 is 5.97 Å². The zero-order valence-electron chi connectivity index (χ0n) is 14.4. The number of thioether (sulfide) groups is 1. The van der Waals surface area contributed by atoms with Crippen LogP contribution in [0.1, 0.15) is 20.3 Å². The lowest BCUT2D eigenvalue weighted by Crippen LogP contribution is -2.42. The number of halogens is 1. The van der Waals surface area contributed by atoms with Crippen molar-refractivity contribution in [1.82, 2.24) is 10.2 Å². The van der Waals surface area contributed by atoms with Crippen molar-refractivity contribution < 1.29 is 19.1 Å². The maximum atomic E-state index is 12.0. The van der Waals surface area contributed by atoms with E-state index in [1.807, 2.05) is 12.1 Å². The third kappa shape index (κ3) is 8.79. The predicted molar refractivity (Wildman–Crippen MR) is 98.7 cm³/mol. The summed E-state index contributed by atoms with van der Waals surface area (Å²) in [5.74, 6) is -0.509. The van der Waals surface area contributed by atoms with Gasteiger partial charge in [-0.05, 0) is 38.1 Å². The van der Waals surface area contributed by atoms with Crippen LogP contribution in [0.25, 0.3) is 0 Å². The Balaban J connectivity index is 2.28. The van der Waals surface area contributed by atoms with Gasteiger partial charge >= 0.3 is 5.97 Å². The van der Waals surface area contributed by atoms with Gasteiger partial charge in [-0.2, -0.15) is 0 Å². The van der Waals surface area contributed by atoms with Crippen molar-refractivity contribution in [3.05, 3.63) is 29.3 Å². The van der Waals surface area contributed by atoms with Crippen LogP contribution in [-0.4, -0.2) is 54.7 Å². The molecular weight excluding hydrogens is 364 g/mol. The molecular formula is C17H23ClN2O4S. The summed E-state index contributed by atoms with van der Waals surface area (Å²) < 4.78 is 4.99. The van der Waals surface area contributed by atoms with E-state index in [1.165, 1.54) is 16.7 Å². The Morgan fingerprint density at radius 1 is 1.20 bits per heavy atom. The van der Waals surface area contributed by atoms with Crippen molar-refractivity contribution in [2.45, 2.75) is 25.2 Å². The van der Waals surface area contributed by atoms with Gasteiger partial charge in [-0.3, -0.25) is 14.4 Å².